The molecule has 3 aromatic rings. The fraction of sp³-hybridized carbons (Fsp3) is 0.235. The van der Waals surface area contributed by atoms with Crippen LogP contribution < -0.4 is 10.1 Å². The van der Waals surface area contributed by atoms with Gasteiger partial charge in [-0.2, -0.15) is 0 Å². The number of carbonyl (C=O) groups is 1. The minimum absolute atomic E-state index is 0.0723. The van der Waals surface area contributed by atoms with Gasteiger partial charge in [0, 0.05) is 11.3 Å². The smallest absolute Gasteiger partial charge is 0.258 e. The van der Waals surface area contributed by atoms with Crippen LogP contribution in [0, 0.1) is 0 Å². The van der Waals surface area contributed by atoms with Gasteiger partial charge in [-0.25, -0.2) is 0 Å². The molecule has 2 aromatic heterocycles. The van der Waals surface area contributed by atoms with Gasteiger partial charge in [0.2, 0.25) is 5.89 Å². The largest absolute Gasteiger partial charge is 0.483 e. The summed E-state index contributed by atoms with van der Waals surface area (Å²) >= 11 is 1.60. The molecule has 0 fully saturated rings. The van der Waals surface area contributed by atoms with E-state index in [9.17, 15) is 4.79 Å². The number of hydrogen-bond donors (Lipinski definition) is 1. The zero-order chi connectivity index (χ0) is 16.8. The summed E-state index contributed by atoms with van der Waals surface area (Å²) in [5.41, 5.74) is 0.677. The van der Waals surface area contributed by atoms with Crippen LogP contribution in [0.15, 0.2) is 46.2 Å². The number of aromatic nitrogens is 2. The molecule has 0 atom stereocenters. The maximum absolute atomic E-state index is 11.9. The predicted octanol–water partition coefficient (Wildman–Crippen LogP) is 3.06. The van der Waals surface area contributed by atoms with Gasteiger partial charge in [0.1, 0.15) is 5.75 Å². The molecule has 1 amide bonds. The van der Waals surface area contributed by atoms with Gasteiger partial charge in [0.05, 0.1) is 12.1 Å². The van der Waals surface area contributed by atoms with Crippen LogP contribution >= 0.6 is 11.3 Å². The summed E-state index contributed by atoms with van der Waals surface area (Å²) in [5.74, 6) is 1.31. The highest BCUT2D eigenvalue weighted by Crippen LogP contribution is 2.28. The second-order valence-electron chi connectivity index (χ2n) is 5.00. The zero-order valence-corrected chi connectivity index (χ0v) is 14.0. The standard InChI is InChI=1S/C17H17N3O3S/c1-2-16-19-20-17(23-16)13-7-3-4-8-14(13)22-11-15(21)18-10-12-6-5-9-24-12/h3-9H,2,10-11H2,1H3,(H,18,21). The number of nitrogens with one attached hydrogen (secondary N) is 1. The van der Waals surface area contributed by atoms with Gasteiger partial charge < -0.3 is 14.5 Å². The van der Waals surface area contributed by atoms with E-state index in [2.05, 4.69) is 15.5 Å². The fourth-order valence-electron chi connectivity index (χ4n) is 2.07. The van der Waals surface area contributed by atoms with Crippen molar-refractivity contribution in [1.82, 2.24) is 15.5 Å². The Bertz CT molecular complexity index is 799. The van der Waals surface area contributed by atoms with Crippen molar-refractivity contribution in [2.75, 3.05) is 6.61 Å². The van der Waals surface area contributed by atoms with Crippen LogP contribution in [-0.2, 0) is 17.8 Å². The lowest BCUT2D eigenvalue weighted by molar-refractivity contribution is -0.123. The number of hydrogen-bond acceptors (Lipinski definition) is 6. The van der Waals surface area contributed by atoms with Crippen molar-refractivity contribution in [3.05, 3.63) is 52.5 Å². The topological polar surface area (TPSA) is 77.2 Å². The van der Waals surface area contributed by atoms with E-state index < -0.39 is 0 Å². The van der Waals surface area contributed by atoms with Gasteiger partial charge in [-0.05, 0) is 23.6 Å². The molecule has 0 unspecified atom stereocenters. The second kappa shape index (κ2) is 7.74. The van der Waals surface area contributed by atoms with Crippen LogP contribution in [0.5, 0.6) is 5.75 Å². The third kappa shape index (κ3) is 3.99. The third-order valence-corrected chi connectivity index (χ3v) is 4.16. The number of para-hydroxylation sites is 1. The van der Waals surface area contributed by atoms with Crippen LogP contribution in [0.3, 0.4) is 0 Å². The lowest BCUT2D eigenvalue weighted by Crippen LogP contribution is -2.28. The zero-order valence-electron chi connectivity index (χ0n) is 13.2. The van der Waals surface area contributed by atoms with Crippen molar-refractivity contribution < 1.29 is 13.9 Å². The fourth-order valence-corrected chi connectivity index (χ4v) is 2.71. The summed E-state index contributed by atoms with van der Waals surface area (Å²) in [5, 5.41) is 12.8. The number of thiophene rings is 1. The molecule has 1 N–H and O–H groups in total. The summed E-state index contributed by atoms with van der Waals surface area (Å²) in [4.78, 5) is 13.0. The summed E-state index contributed by atoms with van der Waals surface area (Å²) in [6.45, 7) is 2.37. The number of ether oxygens (including phenoxy) is 1. The van der Waals surface area contributed by atoms with Crippen LogP contribution in [-0.4, -0.2) is 22.7 Å². The summed E-state index contributed by atoms with van der Waals surface area (Å²) in [6.07, 6.45) is 0.668. The molecule has 6 nitrogen and oxygen atoms in total. The number of carbonyl (C=O) groups excluding carboxylic acids is 1. The molecule has 0 bridgehead atoms. The maximum Gasteiger partial charge on any atom is 0.258 e. The van der Waals surface area contributed by atoms with E-state index in [1.807, 2.05) is 42.6 Å². The molecule has 0 spiro atoms. The summed E-state index contributed by atoms with van der Waals surface area (Å²) < 4.78 is 11.2. The first-order chi connectivity index (χ1) is 11.8. The molecule has 0 aliphatic heterocycles. The molecular weight excluding hydrogens is 326 g/mol. The molecule has 0 saturated heterocycles. The van der Waals surface area contributed by atoms with Crippen molar-refractivity contribution in [3.8, 4) is 17.2 Å². The first-order valence-electron chi connectivity index (χ1n) is 7.60. The Kier molecular flexibility index (Phi) is 5.22. The molecule has 0 saturated carbocycles. The van der Waals surface area contributed by atoms with Crippen molar-refractivity contribution in [2.45, 2.75) is 19.9 Å². The van der Waals surface area contributed by atoms with Crippen molar-refractivity contribution >= 4 is 17.2 Å². The van der Waals surface area contributed by atoms with Gasteiger partial charge in [-0.3, -0.25) is 4.79 Å². The first kappa shape index (κ1) is 16.2. The quantitative estimate of drug-likeness (QED) is 0.713. The Morgan fingerprint density at radius 3 is 2.88 bits per heavy atom. The van der Waals surface area contributed by atoms with Gasteiger partial charge in [-0.15, -0.1) is 21.5 Å². The maximum atomic E-state index is 11.9. The minimum Gasteiger partial charge on any atom is -0.483 e. The number of nitrogens with zero attached hydrogens (tertiary/aromatic N) is 2. The Labute approximate surface area is 143 Å². The summed E-state index contributed by atoms with van der Waals surface area (Å²) in [7, 11) is 0. The van der Waals surface area contributed by atoms with Gasteiger partial charge in [-0.1, -0.05) is 25.1 Å². The van der Waals surface area contributed by atoms with E-state index in [0.717, 1.165) is 4.88 Å². The molecule has 24 heavy (non-hydrogen) atoms. The molecular formula is C17H17N3O3S. The highest BCUT2D eigenvalue weighted by atomic mass is 32.1. The van der Waals surface area contributed by atoms with Crippen LogP contribution in [0.1, 0.15) is 17.7 Å². The minimum atomic E-state index is -0.182. The normalized spacial score (nSPS) is 10.5. The van der Waals surface area contributed by atoms with Crippen LogP contribution in [0.25, 0.3) is 11.5 Å². The highest BCUT2D eigenvalue weighted by Gasteiger charge is 2.14. The second-order valence-corrected chi connectivity index (χ2v) is 6.03. The van der Waals surface area contributed by atoms with E-state index >= 15 is 0 Å². The molecule has 124 valence electrons. The van der Waals surface area contributed by atoms with Crippen molar-refractivity contribution in [3.63, 3.8) is 0 Å². The Morgan fingerprint density at radius 2 is 2.12 bits per heavy atom. The lowest BCUT2D eigenvalue weighted by Gasteiger charge is -2.09. The highest BCUT2D eigenvalue weighted by molar-refractivity contribution is 7.09. The summed E-state index contributed by atoms with van der Waals surface area (Å²) in [6, 6.07) is 11.2. The molecule has 2 heterocycles. The monoisotopic (exact) mass is 343 g/mol. The molecule has 0 radical (unpaired) electrons. The van der Waals surface area contributed by atoms with E-state index in [1.54, 1.807) is 17.4 Å². The van der Waals surface area contributed by atoms with E-state index in [4.69, 9.17) is 9.15 Å². The van der Waals surface area contributed by atoms with Gasteiger partial charge in [0.15, 0.2) is 6.61 Å². The van der Waals surface area contributed by atoms with Crippen LogP contribution in [0.2, 0.25) is 0 Å². The number of aryl methyl sites for hydroxylation is 1. The van der Waals surface area contributed by atoms with Crippen molar-refractivity contribution in [1.29, 1.82) is 0 Å². The SMILES string of the molecule is CCc1nnc(-c2ccccc2OCC(=O)NCc2cccs2)o1. The van der Waals surface area contributed by atoms with Crippen LogP contribution in [0.4, 0.5) is 0 Å². The Balaban J connectivity index is 1.61. The van der Waals surface area contributed by atoms with Crippen molar-refractivity contribution in [2.24, 2.45) is 0 Å². The van der Waals surface area contributed by atoms with Gasteiger partial charge >= 0.3 is 0 Å². The average Bonchev–Trinajstić information content (AvgIpc) is 3.29. The van der Waals surface area contributed by atoms with E-state index in [0.29, 0.717) is 36.1 Å². The third-order valence-electron chi connectivity index (χ3n) is 3.29. The number of benzene rings is 1. The van der Waals surface area contributed by atoms with Gasteiger partial charge in [0.25, 0.3) is 11.8 Å². The first-order valence-corrected chi connectivity index (χ1v) is 8.48. The predicted molar refractivity (Wildman–Crippen MR) is 90.8 cm³/mol. The molecule has 3 rings (SSSR count). The molecule has 0 aliphatic carbocycles. The molecule has 1 aromatic carbocycles. The Hall–Kier alpha value is -2.67. The van der Waals surface area contributed by atoms with E-state index in [-0.39, 0.29) is 12.5 Å². The lowest BCUT2D eigenvalue weighted by atomic mass is 10.2. The Morgan fingerprint density at radius 1 is 1.25 bits per heavy atom. The average molecular weight is 343 g/mol. The molecule has 0 aliphatic rings. The number of amides is 1. The van der Waals surface area contributed by atoms with E-state index in [1.165, 1.54) is 0 Å². The number of rotatable bonds is 7. The molecule has 7 heteroatoms.